The van der Waals surface area contributed by atoms with E-state index in [-0.39, 0.29) is 29.3 Å². The van der Waals surface area contributed by atoms with Crippen LogP contribution < -0.4 is 10.9 Å². The van der Waals surface area contributed by atoms with Crippen LogP contribution in [0.4, 0.5) is 0 Å². The van der Waals surface area contributed by atoms with Gasteiger partial charge in [0.15, 0.2) is 0 Å². The van der Waals surface area contributed by atoms with Crippen LogP contribution in [0.5, 0.6) is 0 Å². The smallest absolute Gasteiger partial charge is 0.264 e. The van der Waals surface area contributed by atoms with E-state index in [1.165, 1.54) is 0 Å². The molecule has 0 saturated heterocycles. The summed E-state index contributed by atoms with van der Waals surface area (Å²) in [5.41, 5.74) is 2.17. The number of nitrogens with zero attached hydrogens (tertiary/aromatic N) is 3. The summed E-state index contributed by atoms with van der Waals surface area (Å²) in [6, 6.07) is 14.7. The van der Waals surface area contributed by atoms with Crippen molar-refractivity contribution in [1.29, 1.82) is 0 Å². The van der Waals surface area contributed by atoms with Crippen LogP contribution in [0, 0.1) is 12.8 Å². The molecular weight excluding hydrogens is 480 g/mol. The molecule has 1 N–H and O–H groups in total. The minimum absolute atomic E-state index is 0.0603. The zero-order valence-electron chi connectivity index (χ0n) is 22.2. The van der Waals surface area contributed by atoms with Crippen molar-refractivity contribution in [1.82, 2.24) is 19.9 Å². The van der Waals surface area contributed by atoms with Gasteiger partial charge in [-0.2, -0.15) is 0 Å². The molecule has 2 amide bonds. The number of aryl methyl sites for hydroxylation is 1. The number of carbonyl (C=O) groups is 2. The second kappa shape index (κ2) is 10.8. The Morgan fingerprint density at radius 1 is 1.05 bits per heavy atom. The van der Waals surface area contributed by atoms with E-state index in [4.69, 9.17) is 4.52 Å². The maximum Gasteiger partial charge on any atom is 0.264 e. The van der Waals surface area contributed by atoms with E-state index in [2.05, 4.69) is 10.5 Å². The van der Waals surface area contributed by atoms with Crippen molar-refractivity contribution in [3.63, 3.8) is 0 Å². The molecule has 198 valence electrons. The van der Waals surface area contributed by atoms with Crippen molar-refractivity contribution in [3.8, 4) is 0 Å². The standard InChI is InChI=1S/C30H34N4O4/c1-4-33(5-2)29(36)23-15-10-16-24-26(23)27-25(19(3)38-32-27)30(37)34(24)22-14-9-11-20(17-22)18-31-28(35)21-12-7-6-8-13-21/h6-8,10,12-13,15-16,20,22H,4-5,9,11,14,17-18H2,1-3H3,(H,31,35). The number of hydrogen-bond acceptors (Lipinski definition) is 5. The molecule has 0 aliphatic heterocycles. The second-order valence-corrected chi connectivity index (χ2v) is 10.1. The predicted octanol–water partition coefficient (Wildman–Crippen LogP) is 5.09. The van der Waals surface area contributed by atoms with Crippen LogP contribution in [0.1, 0.15) is 72.0 Å². The third kappa shape index (κ3) is 4.59. The molecule has 4 aromatic rings. The van der Waals surface area contributed by atoms with Gasteiger partial charge in [0.1, 0.15) is 16.7 Å². The number of aromatic nitrogens is 2. The number of nitrogens with one attached hydrogen (secondary N) is 1. The van der Waals surface area contributed by atoms with E-state index in [9.17, 15) is 14.4 Å². The Balaban J connectivity index is 1.53. The van der Waals surface area contributed by atoms with Gasteiger partial charge < -0.3 is 19.3 Å². The largest absolute Gasteiger partial charge is 0.360 e. The van der Waals surface area contributed by atoms with Gasteiger partial charge in [-0.1, -0.05) is 35.8 Å². The van der Waals surface area contributed by atoms with E-state index in [1.807, 2.05) is 54.8 Å². The summed E-state index contributed by atoms with van der Waals surface area (Å²) in [7, 11) is 0. The molecule has 2 aromatic heterocycles. The van der Waals surface area contributed by atoms with Crippen LogP contribution in [0.2, 0.25) is 0 Å². The monoisotopic (exact) mass is 514 g/mol. The number of fused-ring (bicyclic) bond motifs is 3. The summed E-state index contributed by atoms with van der Waals surface area (Å²) in [6.45, 7) is 7.38. The highest BCUT2D eigenvalue weighted by Crippen LogP contribution is 2.36. The number of rotatable bonds is 7. The number of amides is 2. The summed E-state index contributed by atoms with van der Waals surface area (Å²) in [5, 5.41) is 8.40. The lowest BCUT2D eigenvalue weighted by molar-refractivity contribution is 0.0774. The normalized spacial score (nSPS) is 17.6. The Labute approximate surface area is 221 Å². The molecule has 0 spiro atoms. The molecule has 2 heterocycles. The molecule has 1 fully saturated rings. The Morgan fingerprint density at radius 2 is 1.82 bits per heavy atom. The summed E-state index contributed by atoms with van der Waals surface area (Å²) >= 11 is 0. The maximum absolute atomic E-state index is 13.9. The molecule has 0 radical (unpaired) electrons. The first-order valence-corrected chi connectivity index (χ1v) is 13.5. The topological polar surface area (TPSA) is 97.4 Å². The van der Waals surface area contributed by atoms with Crippen LogP contribution in [0.15, 0.2) is 57.8 Å². The van der Waals surface area contributed by atoms with Gasteiger partial charge in [-0.3, -0.25) is 14.4 Å². The van der Waals surface area contributed by atoms with Gasteiger partial charge in [0, 0.05) is 36.6 Å². The average Bonchev–Trinajstić information content (AvgIpc) is 3.34. The van der Waals surface area contributed by atoms with E-state index >= 15 is 0 Å². The van der Waals surface area contributed by atoms with Crippen molar-refractivity contribution in [2.75, 3.05) is 19.6 Å². The van der Waals surface area contributed by atoms with Crippen LogP contribution >= 0.6 is 0 Å². The molecular formula is C30H34N4O4. The second-order valence-electron chi connectivity index (χ2n) is 10.1. The van der Waals surface area contributed by atoms with Gasteiger partial charge in [-0.25, -0.2) is 0 Å². The molecule has 1 saturated carbocycles. The number of carbonyl (C=O) groups excluding carboxylic acids is 2. The van der Waals surface area contributed by atoms with Crippen molar-refractivity contribution in [2.24, 2.45) is 5.92 Å². The maximum atomic E-state index is 13.9. The molecule has 38 heavy (non-hydrogen) atoms. The third-order valence-corrected chi connectivity index (χ3v) is 7.82. The van der Waals surface area contributed by atoms with Crippen LogP contribution in [0.3, 0.4) is 0 Å². The van der Waals surface area contributed by atoms with Crippen LogP contribution in [-0.4, -0.2) is 46.1 Å². The van der Waals surface area contributed by atoms with Crippen molar-refractivity contribution >= 4 is 33.6 Å². The summed E-state index contributed by atoms with van der Waals surface area (Å²) in [5.74, 6) is 0.519. The molecule has 0 bridgehead atoms. The van der Waals surface area contributed by atoms with Crippen molar-refractivity contribution < 1.29 is 14.1 Å². The highest BCUT2D eigenvalue weighted by molar-refractivity contribution is 6.15. The third-order valence-electron chi connectivity index (χ3n) is 7.82. The fraction of sp³-hybridized carbons (Fsp3) is 0.400. The highest BCUT2D eigenvalue weighted by atomic mass is 16.5. The molecule has 2 aromatic carbocycles. The first kappa shape index (κ1) is 25.7. The van der Waals surface area contributed by atoms with Gasteiger partial charge >= 0.3 is 0 Å². The minimum Gasteiger partial charge on any atom is -0.360 e. The summed E-state index contributed by atoms with van der Waals surface area (Å²) in [6.07, 6.45) is 3.54. The number of pyridine rings is 1. The number of benzene rings is 2. The minimum atomic E-state index is -0.141. The molecule has 5 rings (SSSR count). The lowest BCUT2D eigenvalue weighted by atomic mass is 9.85. The lowest BCUT2D eigenvalue weighted by Crippen LogP contribution is -2.35. The van der Waals surface area contributed by atoms with Gasteiger partial charge in [0.2, 0.25) is 0 Å². The van der Waals surface area contributed by atoms with Gasteiger partial charge in [0.25, 0.3) is 17.4 Å². The molecule has 2 atom stereocenters. The average molecular weight is 515 g/mol. The molecule has 2 unspecified atom stereocenters. The van der Waals surface area contributed by atoms with Crippen LogP contribution in [0.25, 0.3) is 21.8 Å². The van der Waals surface area contributed by atoms with E-state index < -0.39 is 0 Å². The van der Waals surface area contributed by atoms with Crippen molar-refractivity contribution in [3.05, 3.63) is 75.8 Å². The number of hydrogen-bond donors (Lipinski definition) is 1. The molecule has 1 aliphatic rings. The fourth-order valence-corrected chi connectivity index (χ4v) is 5.85. The van der Waals surface area contributed by atoms with Gasteiger partial charge in [-0.05, 0) is 70.2 Å². The zero-order valence-corrected chi connectivity index (χ0v) is 22.2. The SMILES string of the molecule is CCN(CC)C(=O)c1cccc2c1c1noc(C)c1c(=O)n2C1CCCC(CNC(=O)c2ccccc2)C1. The Bertz CT molecular complexity index is 1530. The molecule has 8 nitrogen and oxygen atoms in total. The van der Waals surface area contributed by atoms with E-state index in [1.54, 1.807) is 24.0 Å². The van der Waals surface area contributed by atoms with E-state index in [0.717, 1.165) is 25.7 Å². The summed E-state index contributed by atoms with van der Waals surface area (Å²) in [4.78, 5) is 41.8. The van der Waals surface area contributed by atoms with Crippen molar-refractivity contribution in [2.45, 2.75) is 52.5 Å². The predicted molar refractivity (Wildman–Crippen MR) is 148 cm³/mol. The van der Waals surface area contributed by atoms with E-state index in [0.29, 0.717) is 58.3 Å². The Morgan fingerprint density at radius 3 is 2.55 bits per heavy atom. The van der Waals surface area contributed by atoms with Gasteiger partial charge in [-0.15, -0.1) is 0 Å². The molecule has 1 aliphatic carbocycles. The summed E-state index contributed by atoms with van der Waals surface area (Å²) < 4.78 is 7.34. The highest BCUT2D eigenvalue weighted by Gasteiger charge is 2.29. The Kier molecular flexibility index (Phi) is 7.31. The Hall–Kier alpha value is -3.94. The lowest BCUT2D eigenvalue weighted by Gasteiger charge is -2.32. The first-order valence-electron chi connectivity index (χ1n) is 13.5. The quantitative estimate of drug-likeness (QED) is 0.370. The first-order chi connectivity index (χ1) is 18.4. The zero-order chi connectivity index (χ0) is 26.8. The van der Waals surface area contributed by atoms with Gasteiger partial charge in [0.05, 0.1) is 11.1 Å². The van der Waals surface area contributed by atoms with Crippen LogP contribution in [-0.2, 0) is 0 Å². The molecule has 8 heteroatoms. The fourth-order valence-electron chi connectivity index (χ4n) is 5.85.